The summed E-state index contributed by atoms with van der Waals surface area (Å²) >= 11 is 4.89. The van der Waals surface area contributed by atoms with Gasteiger partial charge in [0.1, 0.15) is 4.90 Å². The molecule has 0 bridgehead atoms. The molecule has 0 aliphatic rings. The molecule has 5 heteroatoms. The van der Waals surface area contributed by atoms with Crippen LogP contribution < -0.4 is 5.14 Å². The molecule has 3 nitrogen and oxygen atoms in total. The van der Waals surface area contributed by atoms with Crippen molar-refractivity contribution in [1.29, 1.82) is 0 Å². The van der Waals surface area contributed by atoms with E-state index in [4.69, 9.17) is 17.8 Å². The summed E-state index contributed by atoms with van der Waals surface area (Å²) in [7, 11) is -3.69. The number of primary sulfonamides is 1. The quantitative estimate of drug-likeness (QED) is 0.845. The Morgan fingerprint density at radius 1 is 1.36 bits per heavy atom. The molecule has 0 spiro atoms. The van der Waals surface area contributed by atoms with Crippen LogP contribution in [0.1, 0.15) is 25.3 Å². The number of hydrogen-bond donors (Lipinski definition) is 1. The van der Waals surface area contributed by atoms with Gasteiger partial charge in [-0.05, 0) is 23.6 Å². The molecule has 14 heavy (non-hydrogen) atoms. The number of benzene rings is 1. The molecule has 0 atom stereocenters. The molecule has 1 aromatic rings. The van der Waals surface area contributed by atoms with Crippen LogP contribution in [-0.4, -0.2) is 8.42 Å². The molecular formula is C9H12NO2S2. The first-order valence-electron chi connectivity index (χ1n) is 4.16. The molecule has 0 amide bonds. The van der Waals surface area contributed by atoms with Gasteiger partial charge in [0.2, 0.25) is 10.0 Å². The zero-order chi connectivity index (χ0) is 10.9. The summed E-state index contributed by atoms with van der Waals surface area (Å²) in [6.07, 6.45) is 0. The maximum absolute atomic E-state index is 11.1. The second-order valence-electron chi connectivity index (χ2n) is 3.41. The topological polar surface area (TPSA) is 60.2 Å². The normalized spacial score (nSPS) is 12.0. The fourth-order valence-corrected chi connectivity index (χ4v) is 2.23. The van der Waals surface area contributed by atoms with E-state index in [1.54, 1.807) is 12.1 Å². The van der Waals surface area contributed by atoms with E-state index in [1.807, 2.05) is 19.9 Å². The van der Waals surface area contributed by atoms with Crippen LogP contribution in [0, 0.1) is 0 Å². The maximum atomic E-state index is 11.1. The van der Waals surface area contributed by atoms with E-state index in [0.29, 0.717) is 0 Å². The van der Waals surface area contributed by atoms with Crippen LogP contribution in [-0.2, 0) is 10.0 Å². The predicted molar refractivity (Wildman–Crippen MR) is 57.8 cm³/mol. The SMILES string of the molecule is CC(C)c1ccc([S])c(S(N)(=O)=O)c1. The van der Waals surface area contributed by atoms with Gasteiger partial charge in [0, 0.05) is 0 Å². The summed E-state index contributed by atoms with van der Waals surface area (Å²) in [5.74, 6) is 0.256. The smallest absolute Gasteiger partial charge is 0.225 e. The first kappa shape index (κ1) is 11.4. The monoisotopic (exact) mass is 230 g/mol. The van der Waals surface area contributed by atoms with Crippen molar-refractivity contribution in [3.63, 3.8) is 0 Å². The molecule has 0 fully saturated rings. The molecule has 0 heterocycles. The molecule has 0 saturated carbocycles. The van der Waals surface area contributed by atoms with Gasteiger partial charge in [-0.25, -0.2) is 13.6 Å². The fraction of sp³-hybridized carbons (Fsp3) is 0.333. The van der Waals surface area contributed by atoms with Crippen molar-refractivity contribution < 1.29 is 8.42 Å². The van der Waals surface area contributed by atoms with Crippen molar-refractivity contribution >= 4 is 22.7 Å². The highest BCUT2D eigenvalue weighted by Gasteiger charge is 2.14. The van der Waals surface area contributed by atoms with Crippen LogP contribution in [0.25, 0.3) is 0 Å². The van der Waals surface area contributed by atoms with Gasteiger partial charge in [-0.15, -0.1) is 0 Å². The average Bonchev–Trinajstić information content (AvgIpc) is 2.02. The van der Waals surface area contributed by atoms with Gasteiger partial charge in [0.25, 0.3) is 0 Å². The molecular weight excluding hydrogens is 218 g/mol. The molecule has 1 rings (SSSR count). The van der Waals surface area contributed by atoms with Crippen molar-refractivity contribution in [2.24, 2.45) is 5.14 Å². The highest BCUT2D eigenvalue weighted by atomic mass is 32.2. The standard InChI is InChI=1S/C9H12NO2S2/c1-6(2)7-3-4-8(13)9(5-7)14(10,11)12/h3-6H,1-2H3,(H2,10,11,12). The Bertz CT molecular complexity index is 438. The number of nitrogens with two attached hydrogens (primary N) is 1. The van der Waals surface area contributed by atoms with E-state index >= 15 is 0 Å². The Balaban J connectivity index is 3.37. The first-order chi connectivity index (χ1) is 6.32. The van der Waals surface area contributed by atoms with Gasteiger partial charge in [-0.1, -0.05) is 32.5 Å². The Morgan fingerprint density at radius 3 is 2.36 bits per heavy atom. The third-order valence-corrected chi connectivity index (χ3v) is 3.38. The molecule has 0 aliphatic carbocycles. The van der Waals surface area contributed by atoms with Gasteiger partial charge in [0.15, 0.2) is 0 Å². The van der Waals surface area contributed by atoms with Gasteiger partial charge in [-0.3, -0.25) is 0 Å². The highest BCUT2D eigenvalue weighted by Crippen LogP contribution is 2.23. The summed E-state index contributed by atoms with van der Waals surface area (Å²) in [5.41, 5.74) is 0.919. The lowest BCUT2D eigenvalue weighted by Gasteiger charge is -2.08. The Labute approximate surface area is 89.8 Å². The van der Waals surface area contributed by atoms with Crippen molar-refractivity contribution in [3.8, 4) is 0 Å². The van der Waals surface area contributed by atoms with Crippen molar-refractivity contribution in [1.82, 2.24) is 0 Å². The predicted octanol–water partition coefficient (Wildman–Crippen LogP) is 2.01. The van der Waals surface area contributed by atoms with Crippen LogP contribution in [0.5, 0.6) is 0 Å². The van der Waals surface area contributed by atoms with E-state index in [1.165, 1.54) is 0 Å². The largest absolute Gasteiger partial charge is 0.239 e. The lowest BCUT2D eigenvalue weighted by Crippen LogP contribution is -2.13. The second-order valence-corrected chi connectivity index (χ2v) is 5.38. The van der Waals surface area contributed by atoms with Crippen molar-refractivity contribution in [2.75, 3.05) is 0 Å². The fourth-order valence-electron chi connectivity index (χ4n) is 1.11. The minimum Gasteiger partial charge on any atom is -0.225 e. The van der Waals surface area contributed by atoms with E-state index in [2.05, 4.69) is 0 Å². The Kier molecular flexibility index (Phi) is 3.14. The third-order valence-electron chi connectivity index (χ3n) is 1.94. The minimum absolute atomic E-state index is 0.0405. The van der Waals surface area contributed by atoms with Gasteiger partial charge in [-0.2, -0.15) is 0 Å². The molecule has 0 aromatic heterocycles. The molecule has 1 radical (unpaired) electrons. The maximum Gasteiger partial charge on any atom is 0.239 e. The number of rotatable bonds is 2. The highest BCUT2D eigenvalue weighted by molar-refractivity contribution is 7.90. The van der Waals surface area contributed by atoms with Crippen LogP contribution in [0.3, 0.4) is 0 Å². The van der Waals surface area contributed by atoms with Crippen molar-refractivity contribution in [3.05, 3.63) is 23.8 Å². The first-order valence-corrected chi connectivity index (χ1v) is 6.11. The van der Waals surface area contributed by atoms with E-state index in [-0.39, 0.29) is 15.7 Å². The van der Waals surface area contributed by atoms with Crippen LogP contribution in [0.15, 0.2) is 28.0 Å². The Morgan fingerprint density at radius 2 is 1.93 bits per heavy atom. The van der Waals surface area contributed by atoms with Gasteiger partial charge in [0.05, 0.1) is 4.90 Å². The molecule has 77 valence electrons. The summed E-state index contributed by atoms with van der Waals surface area (Å²) in [5, 5.41) is 5.03. The molecule has 0 unspecified atom stereocenters. The molecule has 2 N–H and O–H groups in total. The zero-order valence-corrected chi connectivity index (χ0v) is 9.65. The average molecular weight is 230 g/mol. The molecule has 0 aliphatic heterocycles. The number of hydrogen-bond acceptors (Lipinski definition) is 2. The van der Waals surface area contributed by atoms with Crippen molar-refractivity contribution in [2.45, 2.75) is 29.6 Å². The lowest BCUT2D eigenvalue weighted by molar-refractivity contribution is 0.595. The number of sulfonamides is 1. The minimum atomic E-state index is -3.69. The second kappa shape index (κ2) is 3.84. The zero-order valence-electron chi connectivity index (χ0n) is 8.02. The molecule has 0 saturated heterocycles. The van der Waals surface area contributed by atoms with E-state index in [9.17, 15) is 8.42 Å². The van der Waals surface area contributed by atoms with Gasteiger partial charge >= 0.3 is 0 Å². The summed E-state index contributed by atoms with van der Waals surface area (Å²) in [6.45, 7) is 3.95. The summed E-state index contributed by atoms with van der Waals surface area (Å²) < 4.78 is 22.3. The lowest BCUT2D eigenvalue weighted by atomic mass is 10.0. The van der Waals surface area contributed by atoms with Crippen LogP contribution >= 0.6 is 12.6 Å². The van der Waals surface area contributed by atoms with Crippen LogP contribution in [0.2, 0.25) is 0 Å². The van der Waals surface area contributed by atoms with E-state index < -0.39 is 10.0 Å². The van der Waals surface area contributed by atoms with E-state index in [0.717, 1.165) is 5.56 Å². The Hall–Kier alpha value is -0.650. The van der Waals surface area contributed by atoms with Crippen LogP contribution in [0.4, 0.5) is 0 Å². The molecule has 1 aromatic carbocycles. The third kappa shape index (κ3) is 2.43. The van der Waals surface area contributed by atoms with Gasteiger partial charge < -0.3 is 0 Å². The summed E-state index contributed by atoms with van der Waals surface area (Å²) in [6, 6.07) is 4.97. The summed E-state index contributed by atoms with van der Waals surface area (Å²) in [4.78, 5) is 0.315.